The van der Waals surface area contributed by atoms with Gasteiger partial charge in [-0.15, -0.1) is 0 Å². The van der Waals surface area contributed by atoms with Crippen LogP contribution in [0.1, 0.15) is 162 Å². The SMILES string of the molecule is CC\C=C/C=C\C=C/C=C\C=C\C=C/C=C\CCCCCC(=O)OCC(COC(=O)CC/C=C\C/C=C\CCCCCCCC)OC(=O)CCCCC\C=C/C=C/C=C\C=C/C=C\C=C/CC. The lowest BCUT2D eigenvalue weighted by molar-refractivity contribution is -0.166. The van der Waals surface area contributed by atoms with Gasteiger partial charge in [0.15, 0.2) is 6.10 Å². The first-order valence-electron chi connectivity index (χ1n) is 25.5. The van der Waals surface area contributed by atoms with Gasteiger partial charge >= 0.3 is 17.9 Å². The molecule has 368 valence electrons. The Morgan fingerprint density at radius 3 is 1.12 bits per heavy atom. The molecule has 0 saturated heterocycles. The summed E-state index contributed by atoms with van der Waals surface area (Å²) in [5, 5.41) is 0. The van der Waals surface area contributed by atoms with Gasteiger partial charge in [-0.1, -0.05) is 248 Å². The van der Waals surface area contributed by atoms with E-state index in [4.69, 9.17) is 14.2 Å². The Kier molecular flexibility index (Phi) is 48.8. The normalized spacial score (nSPS) is 13.7. The standard InChI is InChI=1S/C61H88O6/c1-4-7-10-13-16-19-22-25-27-29-30-32-33-36-39-42-45-48-51-54-60(63)66-57-58(56-65-59(62)53-50-47-44-41-38-35-24-21-18-15-12-9-6-3)67-61(64)55-52-49-46-43-40-37-34-31-28-26-23-20-17-14-11-8-5-2/h7-8,10-11,13-14,16-17,19-20,22-23,25-40,44,47,58H,4-6,9,12,15,18,21,24,41-43,45-46,48-57H2,1-3H3/b10-7-,11-8-,16-13-,17-14-,22-19-,23-20-,27-25-,28-26-,30-29+,33-32-,34-31+,38-35-,39-36-,40-37-,47-44-. The van der Waals surface area contributed by atoms with Crippen LogP contribution in [0.2, 0.25) is 0 Å². The minimum atomic E-state index is -0.854. The largest absolute Gasteiger partial charge is 0.462 e. The van der Waals surface area contributed by atoms with Crippen LogP contribution >= 0.6 is 0 Å². The Bertz CT molecular complexity index is 1670. The average molecular weight is 917 g/mol. The van der Waals surface area contributed by atoms with E-state index in [9.17, 15) is 14.4 Å². The zero-order valence-corrected chi connectivity index (χ0v) is 41.8. The Morgan fingerprint density at radius 2 is 0.672 bits per heavy atom. The van der Waals surface area contributed by atoms with E-state index in [1.54, 1.807) is 0 Å². The van der Waals surface area contributed by atoms with E-state index in [-0.39, 0.29) is 50.4 Å². The Morgan fingerprint density at radius 1 is 0.328 bits per heavy atom. The molecule has 1 atom stereocenters. The third-order valence-electron chi connectivity index (χ3n) is 9.74. The van der Waals surface area contributed by atoms with E-state index in [0.717, 1.165) is 64.2 Å². The van der Waals surface area contributed by atoms with Gasteiger partial charge in [-0.25, -0.2) is 0 Å². The molecule has 6 heteroatoms. The molecule has 0 aromatic carbocycles. The van der Waals surface area contributed by atoms with Gasteiger partial charge in [0.05, 0.1) is 0 Å². The fourth-order valence-corrected chi connectivity index (χ4v) is 5.98. The van der Waals surface area contributed by atoms with Crippen molar-refractivity contribution in [2.24, 2.45) is 0 Å². The number of carbonyl (C=O) groups is 3. The number of hydrogen-bond donors (Lipinski definition) is 0. The van der Waals surface area contributed by atoms with E-state index in [1.807, 2.05) is 140 Å². The minimum absolute atomic E-state index is 0.148. The summed E-state index contributed by atoms with van der Waals surface area (Å²) < 4.78 is 16.6. The summed E-state index contributed by atoms with van der Waals surface area (Å²) in [6.07, 6.45) is 80.2. The van der Waals surface area contributed by atoms with Crippen LogP contribution in [-0.4, -0.2) is 37.2 Å². The number of ether oxygens (including phenoxy) is 3. The number of unbranched alkanes of at least 4 members (excludes halogenated alkanes) is 12. The topological polar surface area (TPSA) is 78.9 Å². The van der Waals surface area contributed by atoms with Crippen molar-refractivity contribution in [1.29, 1.82) is 0 Å². The van der Waals surface area contributed by atoms with Crippen LogP contribution in [0.5, 0.6) is 0 Å². The second kappa shape index (κ2) is 53.1. The molecule has 1 unspecified atom stereocenters. The van der Waals surface area contributed by atoms with E-state index in [1.165, 1.54) is 38.5 Å². The maximum absolute atomic E-state index is 12.8. The van der Waals surface area contributed by atoms with Crippen molar-refractivity contribution < 1.29 is 28.6 Å². The van der Waals surface area contributed by atoms with Crippen molar-refractivity contribution in [3.63, 3.8) is 0 Å². The highest BCUT2D eigenvalue weighted by Crippen LogP contribution is 2.11. The molecule has 0 radical (unpaired) electrons. The molecule has 0 N–H and O–H groups in total. The Labute approximate surface area is 408 Å². The van der Waals surface area contributed by atoms with Crippen LogP contribution in [0.25, 0.3) is 0 Å². The quantitative estimate of drug-likeness (QED) is 0.0200. The van der Waals surface area contributed by atoms with Gasteiger partial charge in [-0.05, 0) is 77.0 Å². The monoisotopic (exact) mass is 917 g/mol. The molecule has 0 heterocycles. The lowest BCUT2D eigenvalue weighted by atomic mass is 10.1. The summed E-state index contributed by atoms with van der Waals surface area (Å²) in [6, 6.07) is 0. The summed E-state index contributed by atoms with van der Waals surface area (Å²) in [5.41, 5.74) is 0. The molecule has 67 heavy (non-hydrogen) atoms. The molecule has 0 spiro atoms. The van der Waals surface area contributed by atoms with Gasteiger partial charge < -0.3 is 14.2 Å². The number of hydrogen-bond acceptors (Lipinski definition) is 6. The molecule has 0 saturated carbocycles. The lowest BCUT2D eigenvalue weighted by Gasteiger charge is -2.18. The van der Waals surface area contributed by atoms with Gasteiger partial charge in [0.2, 0.25) is 0 Å². The highest BCUT2D eigenvalue weighted by molar-refractivity contribution is 5.71. The molecule has 0 amide bonds. The zero-order chi connectivity index (χ0) is 48.6. The van der Waals surface area contributed by atoms with Crippen molar-refractivity contribution in [3.05, 3.63) is 182 Å². The summed E-state index contributed by atoms with van der Waals surface area (Å²) in [4.78, 5) is 38.0. The average Bonchev–Trinajstić information content (AvgIpc) is 3.33. The van der Waals surface area contributed by atoms with Crippen LogP contribution in [0.3, 0.4) is 0 Å². The third kappa shape index (κ3) is 51.4. The lowest BCUT2D eigenvalue weighted by Crippen LogP contribution is -2.30. The summed E-state index contributed by atoms with van der Waals surface area (Å²) in [7, 11) is 0. The van der Waals surface area contributed by atoms with Crippen molar-refractivity contribution in [3.8, 4) is 0 Å². The Hall–Kier alpha value is -5.49. The van der Waals surface area contributed by atoms with Gasteiger partial charge in [0.1, 0.15) is 13.2 Å². The maximum Gasteiger partial charge on any atom is 0.306 e. The van der Waals surface area contributed by atoms with Gasteiger partial charge in [-0.2, -0.15) is 0 Å². The molecule has 0 rings (SSSR count). The van der Waals surface area contributed by atoms with Crippen molar-refractivity contribution in [2.75, 3.05) is 13.2 Å². The van der Waals surface area contributed by atoms with E-state index >= 15 is 0 Å². The first kappa shape index (κ1) is 61.5. The predicted molar refractivity (Wildman–Crippen MR) is 287 cm³/mol. The molecule has 0 fully saturated rings. The molecular formula is C61H88O6. The molecular weight excluding hydrogens is 829 g/mol. The van der Waals surface area contributed by atoms with Gasteiger partial charge in [0.25, 0.3) is 0 Å². The molecule has 6 nitrogen and oxygen atoms in total. The van der Waals surface area contributed by atoms with Crippen LogP contribution < -0.4 is 0 Å². The zero-order valence-electron chi connectivity index (χ0n) is 41.8. The number of carbonyl (C=O) groups excluding carboxylic acids is 3. The van der Waals surface area contributed by atoms with Crippen LogP contribution in [-0.2, 0) is 28.6 Å². The van der Waals surface area contributed by atoms with Crippen LogP contribution in [0.4, 0.5) is 0 Å². The second-order valence-corrected chi connectivity index (χ2v) is 15.9. The smallest absolute Gasteiger partial charge is 0.306 e. The summed E-state index contributed by atoms with van der Waals surface area (Å²) in [5.74, 6) is -1.12. The van der Waals surface area contributed by atoms with Crippen molar-refractivity contribution >= 4 is 17.9 Å². The second-order valence-electron chi connectivity index (χ2n) is 15.9. The van der Waals surface area contributed by atoms with Gasteiger partial charge in [0, 0.05) is 19.3 Å². The third-order valence-corrected chi connectivity index (χ3v) is 9.74. The fourth-order valence-electron chi connectivity index (χ4n) is 5.98. The van der Waals surface area contributed by atoms with Crippen molar-refractivity contribution in [2.45, 2.75) is 168 Å². The first-order valence-corrected chi connectivity index (χ1v) is 25.5. The van der Waals surface area contributed by atoms with E-state index in [2.05, 4.69) is 63.3 Å². The van der Waals surface area contributed by atoms with Crippen molar-refractivity contribution in [1.82, 2.24) is 0 Å². The molecule has 0 aromatic rings. The molecule has 0 bridgehead atoms. The summed E-state index contributed by atoms with van der Waals surface area (Å²) >= 11 is 0. The highest BCUT2D eigenvalue weighted by Gasteiger charge is 2.19. The number of allylic oxidation sites excluding steroid dienone is 30. The fraction of sp³-hybridized carbons (Fsp3) is 0.459. The molecule has 0 aliphatic rings. The number of rotatable bonds is 42. The summed E-state index contributed by atoms with van der Waals surface area (Å²) in [6.45, 7) is 6.17. The van der Waals surface area contributed by atoms with E-state index in [0.29, 0.717) is 19.3 Å². The highest BCUT2D eigenvalue weighted by atomic mass is 16.6. The molecule has 0 aromatic heterocycles. The van der Waals surface area contributed by atoms with E-state index < -0.39 is 6.10 Å². The minimum Gasteiger partial charge on any atom is -0.462 e. The maximum atomic E-state index is 12.8. The molecule has 0 aliphatic carbocycles. The Balaban J connectivity index is 4.70. The number of esters is 3. The van der Waals surface area contributed by atoms with Gasteiger partial charge in [-0.3, -0.25) is 14.4 Å². The predicted octanol–water partition coefficient (Wildman–Crippen LogP) is 17.0. The first-order chi connectivity index (χ1) is 33.0. The molecule has 0 aliphatic heterocycles. The van der Waals surface area contributed by atoms with Crippen LogP contribution in [0.15, 0.2) is 182 Å². The van der Waals surface area contributed by atoms with Crippen LogP contribution in [0, 0.1) is 0 Å².